The van der Waals surface area contributed by atoms with Gasteiger partial charge in [0, 0.05) is 31.7 Å². The lowest BCUT2D eigenvalue weighted by Crippen LogP contribution is -2.60. The van der Waals surface area contributed by atoms with Crippen molar-refractivity contribution in [2.45, 2.75) is 71.6 Å². The molecule has 2 aliphatic heterocycles. The molecule has 2 heterocycles. The van der Waals surface area contributed by atoms with Crippen LogP contribution in [0.25, 0.3) is 0 Å². The number of likely N-dealkylation sites (N-methyl/N-ethyl adjacent to an activating group) is 1. The molecule has 0 radical (unpaired) electrons. The minimum Gasteiger partial charge on any atom is -0.444 e. The molecule has 0 saturated carbocycles. The molecule has 1 N–H and O–H groups in total. The molecule has 0 aliphatic carbocycles. The maximum Gasteiger partial charge on any atom is 0.410 e. The van der Waals surface area contributed by atoms with Gasteiger partial charge in [-0.2, -0.15) is 0 Å². The molecule has 6 heteroatoms. The predicted molar refractivity (Wildman–Crippen MR) is 93.8 cm³/mol. The maximum absolute atomic E-state index is 12.8. The lowest BCUT2D eigenvalue weighted by molar-refractivity contribution is -0.129. The molecule has 0 spiro atoms. The van der Waals surface area contributed by atoms with Crippen molar-refractivity contribution < 1.29 is 14.3 Å². The van der Waals surface area contributed by atoms with E-state index < -0.39 is 5.60 Å². The third-order valence-corrected chi connectivity index (χ3v) is 5.24. The summed E-state index contributed by atoms with van der Waals surface area (Å²) in [6, 6.07) is 0.0689. The van der Waals surface area contributed by atoms with Gasteiger partial charge >= 0.3 is 6.09 Å². The van der Waals surface area contributed by atoms with Gasteiger partial charge < -0.3 is 15.0 Å². The van der Waals surface area contributed by atoms with Crippen molar-refractivity contribution in [2.24, 2.45) is 5.41 Å². The van der Waals surface area contributed by atoms with Crippen LogP contribution in [-0.2, 0) is 9.53 Å². The Hall–Kier alpha value is -1.30. The first-order valence-electron chi connectivity index (χ1n) is 9.06. The van der Waals surface area contributed by atoms with Crippen molar-refractivity contribution in [3.63, 3.8) is 0 Å². The first kappa shape index (κ1) is 19.0. The van der Waals surface area contributed by atoms with E-state index in [4.69, 9.17) is 4.74 Å². The van der Waals surface area contributed by atoms with Gasteiger partial charge in [-0.1, -0.05) is 6.92 Å². The first-order valence-corrected chi connectivity index (χ1v) is 9.06. The Morgan fingerprint density at radius 3 is 2.54 bits per heavy atom. The molecule has 24 heavy (non-hydrogen) atoms. The molecule has 2 amide bonds. The molecule has 0 bridgehead atoms. The summed E-state index contributed by atoms with van der Waals surface area (Å²) in [7, 11) is 2.07. The molecule has 2 saturated heterocycles. The van der Waals surface area contributed by atoms with Gasteiger partial charge in [-0.3, -0.25) is 9.69 Å². The smallest absolute Gasteiger partial charge is 0.410 e. The van der Waals surface area contributed by atoms with E-state index in [-0.39, 0.29) is 29.5 Å². The third-order valence-electron chi connectivity index (χ3n) is 5.24. The number of rotatable bonds is 3. The highest BCUT2D eigenvalue weighted by Gasteiger charge is 2.46. The van der Waals surface area contributed by atoms with E-state index in [0.29, 0.717) is 6.42 Å². The van der Waals surface area contributed by atoms with E-state index in [1.807, 2.05) is 25.7 Å². The molecule has 6 nitrogen and oxygen atoms in total. The lowest BCUT2D eigenvalue weighted by atomic mass is 9.76. The number of nitrogens with one attached hydrogen (secondary N) is 1. The van der Waals surface area contributed by atoms with E-state index in [9.17, 15) is 9.59 Å². The molecule has 0 aromatic carbocycles. The van der Waals surface area contributed by atoms with E-state index in [1.165, 1.54) is 0 Å². The Morgan fingerprint density at radius 2 is 2.04 bits per heavy atom. The number of amides is 2. The van der Waals surface area contributed by atoms with Crippen LogP contribution in [0.3, 0.4) is 0 Å². The van der Waals surface area contributed by atoms with E-state index in [2.05, 4.69) is 31.1 Å². The fourth-order valence-corrected chi connectivity index (χ4v) is 4.07. The Labute approximate surface area is 145 Å². The summed E-state index contributed by atoms with van der Waals surface area (Å²) < 4.78 is 5.64. The van der Waals surface area contributed by atoms with Crippen molar-refractivity contribution >= 4 is 12.0 Å². The van der Waals surface area contributed by atoms with Gasteiger partial charge in [0.25, 0.3) is 0 Å². The molecule has 138 valence electrons. The topological polar surface area (TPSA) is 61.9 Å². The zero-order chi connectivity index (χ0) is 18.1. The first-order chi connectivity index (χ1) is 11.1. The van der Waals surface area contributed by atoms with Crippen LogP contribution in [0.2, 0.25) is 0 Å². The Balaban J connectivity index is 2.22. The number of hydrogen-bond acceptors (Lipinski definition) is 4. The highest BCUT2D eigenvalue weighted by atomic mass is 16.6. The van der Waals surface area contributed by atoms with Crippen LogP contribution in [-0.4, -0.2) is 66.2 Å². The van der Waals surface area contributed by atoms with Gasteiger partial charge in [0.2, 0.25) is 5.91 Å². The third kappa shape index (κ3) is 4.02. The van der Waals surface area contributed by atoms with Crippen molar-refractivity contribution in [1.29, 1.82) is 0 Å². The SMILES string of the molecule is CCC1(CC2CN(C)CC(C)N2C(=O)OC(C)(C)C)CCNC1=O. The van der Waals surface area contributed by atoms with Crippen molar-refractivity contribution in [3.05, 3.63) is 0 Å². The summed E-state index contributed by atoms with van der Waals surface area (Å²) in [5.41, 5.74) is -0.874. The van der Waals surface area contributed by atoms with Crippen LogP contribution in [0.1, 0.15) is 53.9 Å². The zero-order valence-corrected chi connectivity index (χ0v) is 16.0. The van der Waals surface area contributed by atoms with Gasteiger partial charge in [-0.25, -0.2) is 4.79 Å². The van der Waals surface area contributed by atoms with Crippen LogP contribution in [0.4, 0.5) is 4.79 Å². The summed E-state index contributed by atoms with van der Waals surface area (Å²) in [6.07, 6.45) is 2.08. The Morgan fingerprint density at radius 1 is 1.38 bits per heavy atom. The van der Waals surface area contributed by atoms with Gasteiger partial charge in [-0.15, -0.1) is 0 Å². The number of carbonyl (C=O) groups excluding carboxylic acids is 2. The largest absolute Gasteiger partial charge is 0.444 e. The summed E-state index contributed by atoms with van der Waals surface area (Å²) in [5, 5.41) is 2.97. The summed E-state index contributed by atoms with van der Waals surface area (Å²) in [6.45, 7) is 12.1. The van der Waals surface area contributed by atoms with Gasteiger partial charge in [0.05, 0.1) is 5.41 Å². The second-order valence-corrected chi connectivity index (χ2v) is 8.46. The normalized spacial score (nSPS) is 31.9. The molecule has 0 aromatic rings. The predicted octanol–water partition coefficient (Wildman–Crippen LogP) is 2.23. The molecular weight excluding hydrogens is 306 g/mol. The number of carbonyl (C=O) groups is 2. The molecule has 0 aromatic heterocycles. The van der Waals surface area contributed by atoms with Gasteiger partial charge in [0.1, 0.15) is 5.60 Å². The van der Waals surface area contributed by atoms with Crippen molar-refractivity contribution in [3.8, 4) is 0 Å². The zero-order valence-electron chi connectivity index (χ0n) is 16.0. The standard InChI is InChI=1S/C18H33N3O3/c1-7-18(8-9-19-15(18)22)10-14-12-20(6)11-13(2)21(14)16(23)24-17(3,4)5/h13-14H,7-12H2,1-6H3,(H,19,22). The number of nitrogens with zero attached hydrogens (tertiary/aromatic N) is 2. The van der Waals surface area contributed by atoms with Crippen molar-refractivity contribution in [2.75, 3.05) is 26.7 Å². The quantitative estimate of drug-likeness (QED) is 0.856. The van der Waals surface area contributed by atoms with Crippen LogP contribution in [0.5, 0.6) is 0 Å². The molecule has 3 atom stereocenters. The van der Waals surface area contributed by atoms with E-state index >= 15 is 0 Å². The Bertz CT molecular complexity index is 488. The summed E-state index contributed by atoms with van der Waals surface area (Å²) in [5.74, 6) is 0.134. The van der Waals surface area contributed by atoms with Crippen LogP contribution < -0.4 is 5.32 Å². The number of ether oxygens (including phenoxy) is 1. The fourth-order valence-electron chi connectivity index (χ4n) is 4.07. The molecule has 2 aliphatic rings. The molecular formula is C18H33N3O3. The van der Waals surface area contributed by atoms with Gasteiger partial charge in [-0.05, 0) is 54.0 Å². The highest BCUT2D eigenvalue weighted by molar-refractivity contribution is 5.84. The fraction of sp³-hybridized carbons (Fsp3) is 0.889. The van der Waals surface area contributed by atoms with Crippen LogP contribution in [0.15, 0.2) is 0 Å². The van der Waals surface area contributed by atoms with Crippen LogP contribution >= 0.6 is 0 Å². The molecule has 3 unspecified atom stereocenters. The van der Waals surface area contributed by atoms with E-state index in [1.54, 1.807) is 0 Å². The lowest BCUT2D eigenvalue weighted by Gasteiger charge is -2.46. The highest BCUT2D eigenvalue weighted by Crippen LogP contribution is 2.38. The minimum absolute atomic E-state index is 0.00241. The van der Waals surface area contributed by atoms with Crippen LogP contribution in [0, 0.1) is 5.41 Å². The van der Waals surface area contributed by atoms with Crippen molar-refractivity contribution in [1.82, 2.24) is 15.1 Å². The maximum atomic E-state index is 12.8. The second kappa shape index (κ2) is 6.90. The monoisotopic (exact) mass is 339 g/mol. The molecule has 2 fully saturated rings. The average Bonchev–Trinajstić information content (AvgIpc) is 2.77. The Kier molecular flexibility index (Phi) is 5.47. The van der Waals surface area contributed by atoms with Gasteiger partial charge in [0.15, 0.2) is 0 Å². The summed E-state index contributed by atoms with van der Waals surface area (Å²) in [4.78, 5) is 29.3. The number of hydrogen-bond donors (Lipinski definition) is 1. The minimum atomic E-state index is -0.516. The number of piperazine rings is 1. The molecule has 2 rings (SSSR count). The second-order valence-electron chi connectivity index (χ2n) is 8.46. The average molecular weight is 339 g/mol. The van der Waals surface area contributed by atoms with E-state index in [0.717, 1.165) is 32.5 Å². The summed E-state index contributed by atoms with van der Waals surface area (Å²) >= 11 is 0.